The molecule has 0 fully saturated rings. The molecular formula is C10H13ClIN. The van der Waals surface area contributed by atoms with Gasteiger partial charge in [-0.05, 0) is 40.3 Å². The van der Waals surface area contributed by atoms with Gasteiger partial charge < -0.3 is 5.32 Å². The van der Waals surface area contributed by atoms with E-state index in [1.54, 1.807) is 0 Å². The molecule has 72 valence electrons. The molecular weight excluding hydrogens is 296 g/mol. The molecule has 1 rings (SSSR count). The molecule has 3 heteroatoms. The zero-order valence-corrected chi connectivity index (χ0v) is 10.7. The van der Waals surface area contributed by atoms with Crippen LogP contribution in [-0.4, -0.2) is 6.04 Å². The molecule has 0 saturated carbocycles. The SMILES string of the molecule is CC(C)NCc1ccc(I)c(Cl)c1. The Labute approximate surface area is 98.0 Å². The average Bonchev–Trinajstić information content (AvgIpc) is 2.07. The second kappa shape index (κ2) is 5.17. The van der Waals surface area contributed by atoms with Crippen LogP contribution in [0.15, 0.2) is 18.2 Å². The van der Waals surface area contributed by atoms with E-state index in [9.17, 15) is 0 Å². The summed E-state index contributed by atoms with van der Waals surface area (Å²) >= 11 is 8.22. The van der Waals surface area contributed by atoms with Crippen molar-refractivity contribution in [3.05, 3.63) is 32.4 Å². The van der Waals surface area contributed by atoms with Crippen molar-refractivity contribution >= 4 is 34.2 Å². The van der Waals surface area contributed by atoms with E-state index in [0.29, 0.717) is 6.04 Å². The van der Waals surface area contributed by atoms with Gasteiger partial charge in [-0.3, -0.25) is 0 Å². The van der Waals surface area contributed by atoms with Gasteiger partial charge in [-0.25, -0.2) is 0 Å². The standard InChI is InChI=1S/C10H13ClIN/c1-7(2)13-6-8-3-4-10(12)9(11)5-8/h3-5,7,13H,6H2,1-2H3. The molecule has 0 amide bonds. The lowest BCUT2D eigenvalue weighted by Gasteiger charge is -2.08. The average molecular weight is 310 g/mol. The van der Waals surface area contributed by atoms with E-state index in [2.05, 4.69) is 47.8 Å². The van der Waals surface area contributed by atoms with Gasteiger partial charge in [-0.2, -0.15) is 0 Å². The Bertz CT molecular complexity index is 286. The van der Waals surface area contributed by atoms with Gasteiger partial charge in [0.05, 0.1) is 5.02 Å². The van der Waals surface area contributed by atoms with Crippen LogP contribution < -0.4 is 5.32 Å². The Morgan fingerprint density at radius 3 is 2.69 bits per heavy atom. The van der Waals surface area contributed by atoms with Crippen LogP contribution in [0.3, 0.4) is 0 Å². The molecule has 0 aliphatic rings. The Morgan fingerprint density at radius 2 is 2.15 bits per heavy atom. The molecule has 0 radical (unpaired) electrons. The normalized spacial score (nSPS) is 10.8. The molecule has 1 N–H and O–H groups in total. The summed E-state index contributed by atoms with van der Waals surface area (Å²) in [7, 11) is 0. The van der Waals surface area contributed by atoms with E-state index in [1.807, 2.05) is 12.1 Å². The smallest absolute Gasteiger partial charge is 0.0542 e. The number of hydrogen-bond donors (Lipinski definition) is 1. The van der Waals surface area contributed by atoms with E-state index in [1.165, 1.54) is 5.56 Å². The molecule has 0 unspecified atom stereocenters. The largest absolute Gasteiger partial charge is 0.310 e. The minimum absolute atomic E-state index is 0.512. The summed E-state index contributed by atoms with van der Waals surface area (Å²) in [4.78, 5) is 0. The van der Waals surface area contributed by atoms with Crippen molar-refractivity contribution in [2.45, 2.75) is 26.4 Å². The molecule has 0 saturated heterocycles. The number of rotatable bonds is 3. The van der Waals surface area contributed by atoms with E-state index in [0.717, 1.165) is 15.1 Å². The van der Waals surface area contributed by atoms with E-state index < -0.39 is 0 Å². The fraction of sp³-hybridized carbons (Fsp3) is 0.400. The van der Waals surface area contributed by atoms with Crippen LogP contribution in [0.25, 0.3) is 0 Å². The van der Waals surface area contributed by atoms with Crippen LogP contribution in [0.5, 0.6) is 0 Å². The number of benzene rings is 1. The molecule has 13 heavy (non-hydrogen) atoms. The Morgan fingerprint density at radius 1 is 1.46 bits per heavy atom. The first-order chi connectivity index (χ1) is 6.09. The summed E-state index contributed by atoms with van der Waals surface area (Å²) < 4.78 is 1.10. The van der Waals surface area contributed by atoms with Gasteiger partial charge in [-0.1, -0.05) is 31.5 Å². The third-order valence-electron chi connectivity index (χ3n) is 1.70. The van der Waals surface area contributed by atoms with Crippen LogP contribution in [-0.2, 0) is 6.54 Å². The van der Waals surface area contributed by atoms with Gasteiger partial charge in [0.1, 0.15) is 0 Å². The highest BCUT2D eigenvalue weighted by molar-refractivity contribution is 14.1. The quantitative estimate of drug-likeness (QED) is 0.843. The number of nitrogens with one attached hydrogen (secondary N) is 1. The third-order valence-corrected chi connectivity index (χ3v) is 3.27. The fourth-order valence-electron chi connectivity index (χ4n) is 0.972. The third kappa shape index (κ3) is 3.83. The van der Waals surface area contributed by atoms with Crippen molar-refractivity contribution in [3.8, 4) is 0 Å². The molecule has 1 aromatic rings. The van der Waals surface area contributed by atoms with Crippen LogP contribution in [0.1, 0.15) is 19.4 Å². The first kappa shape index (κ1) is 11.3. The summed E-state index contributed by atoms with van der Waals surface area (Å²) in [6.45, 7) is 5.15. The van der Waals surface area contributed by atoms with Crippen molar-refractivity contribution in [1.29, 1.82) is 0 Å². The lowest BCUT2D eigenvalue weighted by Crippen LogP contribution is -2.21. The van der Waals surface area contributed by atoms with Crippen molar-refractivity contribution in [2.75, 3.05) is 0 Å². The Hall–Kier alpha value is 0.200. The van der Waals surface area contributed by atoms with Crippen LogP contribution in [0.2, 0.25) is 5.02 Å². The molecule has 0 aliphatic carbocycles. The summed E-state index contributed by atoms with van der Waals surface area (Å²) in [5.41, 5.74) is 1.24. The maximum Gasteiger partial charge on any atom is 0.0542 e. The highest BCUT2D eigenvalue weighted by Gasteiger charge is 1.99. The predicted molar refractivity (Wildman–Crippen MR) is 66.1 cm³/mol. The van der Waals surface area contributed by atoms with Crippen molar-refractivity contribution in [2.24, 2.45) is 0 Å². The van der Waals surface area contributed by atoms with Gasteiger partial charge in [0.2, 0.25) is 0 Å². The van der Waals surface area contributed by atoms with Crippen LogP contribution in [0, 0.1) is 3.57 Å². The van der Waals surface area contributed by atoms with Crippen LogP contribution in [0.4, 0.5) is 0 Å². The summed E-state index contributed by atoms with van der Waals surface area (Å²) in [6.07, 6.45) is 0. The molecule has 0 aliphatic heterocycles. The first-order valence-corrected chi connectivity index (χ1v) is 5.72. The highest BCUT2D eigenvalue weighted by atomic mass is 127. The minimum Gasteiger partial charge on any atom is -0.310 e. The van der Waals surface area contributed by atoms with Crippen LogP contribution >= 0.6 is 34.2 Å². The summed E-state index contributed by atoms with van der Waals surface area (Å²) in [5.74, 6) is 0. The zero-order chi connectivity index (χ0) is 9.84. The van der Waals surface area contributed by atoms with Gasteiger partial charge in [0.25, 0.3) is 0 Å². The van der Waals surface area contributed by atoms with Gasteiger partial charge in [0, 0.05) is 16.2 Å². The van der Waals surface area contributed by atoms with Gasteiger partial charge in [0.15, 0.2) is 0 Å². The molecule has 0 atom stereocenters. The minimum atomic E-state index is 0.512. The van der Waals surface area contributed by atoms with E-state index in [4.69, 9.17) is 11.6 Å². The number of hydrogen-bond acceptors (Lipinski definition) is 1. The zero-order valence-electron chi connectivity index (χ0n) is 7.77. The Kier molecular flexibility index (Phi) is 4.49. The number of halogens is 2. The molecule has 0 aromatic heterocycles. The molecule has 1 nitrogen and oxygen atoms in total. The molecule has 0 spiro atoms. The second-order valence-corrected chi connectivity index (χ2v) is 4.85. The maximum absolute atomic E-state index is 5.99. The second-order valence-electron chi connectivity index (χ2n) is 3.28. The van der Waals surface area contributed by atoms with E-state index >= 15 is 0 Å². The van der Waals surface area contributed by atoms with Crippen molar-refractivity contribution < 1.29 is 0 Å². The lowest BCUT2D eigenvalue weighted by molar-refractivity contribution is 0.589. The summed E-state index contributed by atoms with van der Waals surface area (Å²) in [6, 6.07) is 6.67. The van der Waals surface area contributed by atoms with E-state index in [-0.39, 0.29) is 0 Å². The highest BCUT2D eigenvalue weighted by Crippen LogP contribution is 2.19. The Balaban J connectivity index is 2.63. The topological polar surface area (TPSA) is 12.0 Å². The molecule has 0 heterocycles. The molecule has 0 bridgehead atoms. The van der Waals surface area contributed by atoms with Crippen molar-refractivity contribution in [1.82, 2.24) is 5.32 Å². The van der Waals surface area contributed by atoms with Gasteiger partial charge >= 0.3 is 0 Å². The predicted octanol–water partition coefficient (Wildman–Crippen LogP) is 3.44. The fourth-order valence-corrected chi connectivity index (χ4v) is 1.51. The lowest BCUT2D eigenvalue weighted by atomic mass is 10.2. The van der Waals surface area contributed by atoms with Gasteiger partial charge in [-0.15, -0.1) is 0 Å². The molecule has 1 aromatic carbocycles. The maximum atomic E-state index is 5.99. The summed E-state index contributed by atoms with van der Waals surface area (Å²) in [5, 5.41) is 4.18. The first-order valence-electron chi connectivity index (χ1n) is 4.27. The van der Waals surface area contributed by atoms with Crippen molar-refractivity contribution in [3.63, 3.8) is 0 Å². The monoisotopic (exact) mass is 309 g/mol.